The van der Waals surface area contributed by atoms with Gasteiger partial charge in [0, 0.05) is 39.8 Å². The summed E-state index contributed by atoms with van der Waals surface area (Å²) in [5.41, 5.74) is 0.972. The first kappa shape index (κ1) is 19.8. The number of benzene rings is 1. The van der Waals surface area contributed by atoms with Gasteiger partial charge in [0.25, 0.3) is 0 Å². The van der Waals surface area contributed by atoms with Crippen LogP contribution >= 0.6 is 0 Å². The van der Waals surface area contributed by atoms with Gasteiger partial charge in [-0.2, -0.15) is 4.31 Å². The lowest BCUT2D eigenvalue weighted by atomic mass is 9.85. The zero-order valence-corrected chi connectivity index (χ0v) is 16.8. The van der Waals surface area contributed by atoms with Crippen molar-refractivity contribution in [1.29, 1.82) is 0 Å². The van der Waals surface area contributed by atoms with Gasteiger partial charge in [0.2, 0.25) is 10.0 Å². The third-order valence-electron chi connectivity index (χ3n) is 5.15. The van der Waals surface area contributed by atoms with Crippen LogP contribution in [0.2, 0.25) is 0 Å². The smallest absolute Gasteiger partial charge is 0.243 e. The molecule has 0 bridgehead atoms. The first-order valence-corrected chi connectivity index (χ1v) is 10.7. The highest BCUT2D eigenvalue weighted by Gasteiger charge is 2.43. The summed E-state index contributed by atoms with van der Waals surface area (Å²) in [6.07, 6.45) is 1.05. The van der Waals surface area contributed by atoms with E-state index in [9.17, 15) is 8.42 Å². The molecule has 0 aromatic heterocycles. The van der Waals surface area contributed by atoms with E-state index >= 15 is 0 Å². The van der Waals surface area contributed by atoms with Crippen molar-refractivity contribution in [2.24, 2.45) is 5.92 Å². The molecule has 0 unspecified atom stereocenters. The van der Waals surface area contributed by atoms with Crippen molar-refractivity contribution in [3.05, 3.63) is 29.8 Å². The summed E-state index contributed by atoms with van der Waals surface area (Å²) in [5.74, 6) is 0.596. The van der Waals surface area contributed by atoms with Gasteiger partial charge >= 0.3 is 0 Å². The first-order valence-electron chi connectivity index (χ1n) is 9.29. The number of methoxy groups -OCH3 is 1. The van der Waals surface area contributed by atoms with Crippen LogP contribution in [0.25, 0.3) is 0 Å². The van der Waals surface area contributed by atoms with Gasteiger partial charge in [0.1, 0.15) is 0 Å². The second-order valence-electron chi connectivity index (χ2n) is 7.79. The molecule has 1 aromatic rings. The molecule has 0 aliphatic carbocycles. The number of morpholine rings is 1. The molecule has 6 nitrogen and oxygen atoms in total. The number of ether oxygens (including phenoxy) is 2. The molecule has 7 heteroatoms. The normalized spacial score (nSPS) is 21.7. The molecule has 0 radical (unpaired) electrons. The fourth-order valence-corrected chi connectivity index (χ4v) is 5.44. The van der Waals surface area contributed by atoms with Gasteiger partial charge < -0.3 is 9.47 Å². The van der Waals surface area contributed by atoms with Gasteiger partial charge in [-0.25, -0.2) is 8.42 Å². The van der Waals surface area contributed by atoms with Gasteiger partial charge in [-0.15, -0.1) is 0 Å². The molecule has 2 aliphatic rings. The van der Waals surface area contributed by atoms with Gasteiger partial charge in [0.05, 0.1) is 23.7 Å². The predicted molar refractivity (Wildman–Crippen MR) is 100 cm³/mol. The predicted octanol–water partition coefficient (Wildman–Crippen LogP) is 1.95. The van der Waals surface area contributed by atoms with Crippen LogP contribution in [0.15, 0.2) is 29.2 Å². The summed E-state index contributed by atoms with van der Waals surface area (Å²) in [4.78, 5) is 2.68. The van der Waals surface area contributed by atoms with Crippen molar-refractivity contribution in [3.63, 3.8) is 0 Å². The summed E-state index contributed by atoms with van der Waals surface area (Å²) >= 11 is 0. The van der Waals surface area contributed by atoms with Crippen molar-refractivity contribution in [1.82, 2.24) is 9.21 Å². The molecule has 2 saturated heterocycles. The summed E-state index contributed by atoms with van der Waals surface area (Å²) in [6.45, 7) is 8.71. The average Bonchev–Trinajstić information content (AvgIpc) is 2.60. The van der Waals surface area contributed by atoms with E-state index in [1.165, 1.54) is 4.31 Å². The number of sulfonamides is 1. The zero-order chi connectivity index (χ0) is 18.8. The highest BCUT2D eigenvalue weighted by molar-refractivity contribution is 7.89. The highest BCUT2D eigenvalue weighted by atomic mass is 32.2. The lowest BCUT2D eigenvalue weighted by molar-refractivity contribution is -0.137. The Kier molecular flexibility index (Phi) is 6.04. The van der Waals surface area contributed by atoms with Crippen molar-refractivity contribution >= 4 is 10.0 Å². The molecule has 0 saturated carbocycles. The average molecular weight is 383 g/mol. The minimum Gasteiger partial charge on any atom is -0.379 e. The standard InChI is InChI=1S/C19H30N2O4S/c1-16(2)12-19(24-3)14-20(15-19)13-17-5-4-6-18(11-17)26(22,23)21-7-9-25-10-8-21/h4-6,11,16H,7-10,12-15H2,1-3H3. The molecule has 2 heterocycles. The van der Waals surface area contributed by atoms with E-state index in [4.69, 9.17) is 9.47 Å². The third kappa shape index (κ3) is 4.28. The summed E-state index contributed by atoms with van der Waals surface area (Å²) in [5, 5.41) is 0. The maximum Gasteiger partial charge on any atom is 0.243 e. The number of nitrogens with zero attached hydrogens (tertiary/aromatic N) is 2. The van der Waals surface area contributed by atoms with Gasteiger partial charge in [-0.1, -0.05) is 26.0 Å². The molecular formula is C19H30N2O4S. The van der Waals surface area contributed by atoms with Crippen LogP contribution < -0.4 is 0 Å². The van der Waals surface area contributed by atoms with Crippen molar-refractivity contribution in [2.45, 2.75) is 37.3 Å². The van der Waals surface area contributed by atoms with E-state index in [1.807, 2.05) is 12.1 Å². The fraction of sp³-hybridized carbons (Fsp3) is 0.684. The summed E-state index contributed by atoms with van der Waals surface area (Å²) in [6, 6.07) is 7.32. The lowest BCUT2D eigenvalue weighted by Gasteiger charge is -2.50. The van der Waals surface area contributed by atoms with Gasteiger partial charge in [0.15, 0.2) is 0 Å². The second-order valence-corrected chi connectivity index (χ2v) is 9.73. The van der Waals surface area contributed by atoms with E-state index in [2.05, 4.69) is 18.7 Å². The molecule has 146 valence electrons. The quantitative estimate of drug-likeness (QED) is 0.721. The van der Waals surface area contributed by atoms with Crippen molar-refractivity contribution in [3.8, 4) is 0 Å². The minimum absolute atomic E-state index is 0.0499. The fourth-order valence-electron chi connectivity index (χ4n) is 3.96. The van der Waals surface area contributed by atoms with Crippen LogP contribution in [-0.4, -0.2) is 69.7 Å². The van der Waals surface area contributed by atoms with Gasteiger partial charge in [-0.05, 0) is 30.0 Å². The van der Waals surface area contributed by atoms with Crippen LogP contribution in [0.1, 0.15) is 25.8 Å². The Labute approximate surface area is 157 Å². The molecule has 0 spiro atoms. The Hall–Kier alpha value is -0.990. The SMILES string of the molecule is COC1(CC(C)C)CN(Cc2cccc(S(=O)(=O)N3CCOCC3)c2)C1. The molecular weight excluding hydrogens is 352 g/mol. The monoisotopic (exact) mass is 382 g/mol. The van der Waals surface area contributed by atoms with Crippen LogP contribution in [0, 0.1) is 5.92 Å². The maximum absolute atomic E-state index is 12.8. The van der Waals surface area contributed by atoms with E-state index in [1.54, 1.807) is 19.2 Å². The number of hydrogen-bond acceptors (Lipinski definition) is 5. The first-order chi connectivity index (χ1) is 12.3. The molecule has 3 rings (SSSR count). The topological polar surface area (TPSA) is 59.1 Å². The molecule has 2 fully saturated rings. The minimum atomic E-state index is -3.44. The maximum atomic E-state index is 12.8. The Bertz CT molecular complexity index is 708. The molecule has 26 heavy (non-hydrogen) atoms. The summed E-state index contributed by atoms with van der Waals surface area (Å²) in [7, 11) is -1.66. The summed E-state index contributed by atoms with van der Waals surface area (Å²) < 4.78 is 38.2. The van der Waals surface area contributed by atoms with Crippen LogP contribution in [-0.2, 0) is 26.0 Å². The largest absolute Gasteiger partial charge is 0.379 e. The molecule has 2 aliphatic heterocycles. The third-order valence-corrected chi connectivity index (χ3v) is 7.04. The van der Waals surface area contributed by atoms with Gasteiger partial charge in [-0.3, -0.25) is 4.90 Å². The van der Waals surface area contributed by atoms with Crippen LogP contribution in [0.3, 0.4) is 0 Å². The Morgan fingerprint density at radius 2 is 1.92 bits per heavy atom. The van der Waals surface area contributed by atoms with E-state index in [0.717, 1.165) is 31.6 Å². The van der Waals surface area contributed by atoms with E-state index < -0.39 is 10.0 Å². The second kappa shape index (κ2) is 7.94. The number of likely N-dealkylation sites (tertiary alicyclic amines) is 1. The lowest BCUT2D eigenvalue weighted by Crippen LogP contribution is -2.62. The zero-order valence-electron chi connectivity index (χ0n) is 16.0. The number of rotatable bonds is 7. The Morgan fingerprint density at radius 1 is 1.23 bits per heavy atom. The highest BCUT2D eigenvalue weighted by Crippen LogP contribution is 2.32. The Balaban J connectivity index is 1.65. The van der Waals surface area contributed by atoms with E-state index in [0.29, 0.717) is 37.1 Å². The van der Waals surface area contributed by atoms with Crippen molar-refractivity contribution < 1.29 is 17.9 Å². The molecule has 0 amide bonds. The van der Waals surface area contributed by atoms with Crippen LogP contribution in [0.5, 0.6) is 0 Å². The van der Waals surface area contributed by atoms with Crippen molar-refractivity contribution in [2.75, 3.05) is 46.5 Å². The molecule has 0 atom stereocenters. The molecule has 1 aromatic carbocycles. The Morgan fingerprint density at radius 3 is 2.54 bits per heavy atom. The molecule has 0 N–H and O–H groups in total. The number of hydrogen-bond donors (Lipinski definition) is 0. The van der Waals surface area contributed by atoms with Crippen LogP contribution in [0.4, 0.5) is 0 Å². The van der Waals surface area contributed by atoms with E-state index in [-0.39, 0.29) is 5.60 Å².